The van der Waals surface area contributed by atoms with Crippen LogP contribution in [-0.4, -0.2) is 22.1 Å². The average molecular weight is 273 g/mol. The molecule has 0 unspecified atom stereocenters. The van der Waals surface area contributed by atoms with Crippen LogP contribution in [0, 0.1) is 5.92 Å². The third-order valence-electron chi connectivity index (χ3n) is 1.98. The predicted octanol–water partition coefficient (Wildman–Crippen LogP) is 2.37. The van der Waals surface area contributed by atoms with Crippen molar-refractivity contribution < 1.29 is 9.90 Å². The fourth-order valence-electron chi connectivity index (χ4n) is 1.15. The molecule has 0 amide bonds. The summed E-state index contributed by atoms with van der Waals surface area (Å²) < 4.78 is 0.761. The van der Waals surface area contributed by atoms with Crippen molar-refractivity contribution in [2.75, 3.05) is 5.32 Å². The molecule has 1 aromatic heterocycles. The highest BCUT2D eigenvalue weighted by atomic mass is 79.9. The van der Waals surface area contributed by atoms with Crippen molar-refractivity contribution in [3.63, 3.8) is 0 Å². The number of pyridine rings is 1. The van der Waals surface area contributed by atoms with Gasteiger partial charge < -0.3 is 10.4 Å². The molecule has 1 aromatic rings. The molecule has 0 fully saturated rings. The predicted molar refractivity (Wildman–Crippen MR) is 61.8 cm³/mol. The van der Waals surface area contributed by atoms with Gasteiger partial charge in [0.1, 0.15) is 11.9 Å². The first-order chi connectivity index (χ1) is 7.02. The van der Waals surface area contributed by atoms with Crippen molar-refractivity contribution in [3.05, 3.63) is 22.8 Å². The molecule has 0 aliphatic heterocycles. The van der Waals surface area contributed by atoms with Crippen LogP contribution in [0.25, 0.3) is 0 Å². The minimum atomic E-state index is -0.873. The second-order valence-electron chi connectivity index (χ2n) is 3.54. The van der Waals surface area contributed by atoms with E-state index in [1.807, 2.05) is 19.9 Å². The van der Waals surface area contributed by atoms with Crippen molar-refractivity contribution >= 4 is 27.7 Å². The van der Waals surface area contributed by atoms with Gasteiger partial charge in [-0.3, -0.25) is 0 Å². The number of halogens is 1. The molecule has 1 atom stereocenters. The Morgan fingerprint density at radius 1 is 1.60 bits per heavy atom. The first-order valence-electron chi connectivity index (χ1n) is 4.62. The lowest BCUT2D eigenvalue weighted by Gasteiger charge is -2.18. The van der Waals surface area contributed by atoms with Gasteiger partial charge in [0.05, 0.1) is 4.47 Å². The van der Waals surface area contributed by atoms with Crippen LogP contribution in [0.2, 0.25) is 0 Å². The van der Waals surface area contributed by atoms with Crippen LogP contribution in [-0.2, 0) is 4.79 Å². The minimum Gasteiger partial charge on any atom is -0.480 e. The normalized spacial score (nSPS) is 12.5. The molecule has 0 saturated heterocycles. The zero-order valence-electron chi connectivity index (χ0n) is 8.57. The largest absolute Gasteiger partial charge is 0.480 e. The molecule has 0 bridgehead atoms. The maximum Gasteiger partial charge on any atom is 0.326 e. The Bertz CT molecular complexity index is 355. The van der Waals surface area contributed by atoms with Crippen molar-refractivity contribution in [3.8, 4) is 0 Å². The average Bonchev–Trinajstić information content (AvgIpc) is 2.15. The van der Waals surface area contributed by atoms with E-state index >= 15 is 0 Å². The summed E-state index contributed by atoms with van der Waals surface area (Å²) >= 11 is 3.31. The first kappa shape index (κ1) is 12.0. The number of carboxylic acid groups (broad SMARTS) is 1. The molecule has 4 nitrogen and oxygen atoms in total. The molecular formula is C10H13BrN2O2. The van der Waals surface area contributed by atoms with Gasteiger partial charge in [-0.25, -0.2) is 9.78 Å². The Hall–Kier alpha value is -1.10. The van der Waals surface area contributed by atoms with Crippen LogP contribution in [0.5, 0.6) is 0 Å². The summed E-state index contributed by atoms with van der Waals surface area (Å²) in [5.74, 6) is -0.322. The van der Waals surface area contributed by atoms with Crippen LogP contribution in [0.4, 0.5) is 5.82 Å². The van der Waals surface area contributed by atoms with Gasteiger partial charge in [0.2, 0.25) is 0 Å². The van der Waals surface area contributed by atoms with Gasteiger partial charge in [-0.15, -0.1) is 0 Å². The molecule has 1 heterocycles. The van der Waals surface area contributed by atoms with Crippen molar-refractivity contribution in [1.82, 2.24) is 4.98 Å². The molecule has 0 aliphatic rings. The summed E-state index contributed by atoms with van der Waals surface area (Å²) in [7, 11) is 0. The van der Waals surface area contributed by atoms with E-state index < -0.39 is 12.0 Å². The van der Waals surface area contributed by atoms with E-state index in [0.29, 0.717) is 5.82 Å². The lowest BCUT2D eigenvalue weighted by molar-refractivity contribution is -0.138. The van der Waals surface area contributed by atoms with Crippen LogP contribution in [0.3, 0.4) is 0 Å². The highest BCUT2D eigenvalue weighted by Gasteiger charge is 2.22. The number of aliphatic carboxylic acids is 1. The van der Waals surface area contributed by atoms with E-state index in [1.165, 1.54) is 0 Å². The molecule has 0 spiro atoms. The Morgan fingerprint density at radius 3 is 2.73 bits per heavy atom. The molecule has 2 N–H and O–H groups in total. The Labute approximate surface area is 96.8 Å². The van der Waals surface area contributed by atoms with E-state index in [0.717, 1.165) is 4.47 Å². The van der Waals surface area contributed by atoms with Gasteiger partial charge in [-0.2, -0.15) is 0 Å². The molecule has 1 rings (SSSR count). The Morgan fingerprint density at radius 2 is 2.27 bits per heavy atom. The molecule has 82 valence electrons. The third-order valence-corrected chi connectivity index (χ3v) is 2.62. The van der Waals surface area contributed by atoms with Crippen LogP contribution < -0.4 is 5.32 Å². The second-order valence-corrected chi connectivity index (χ2v) is 4.39. The highest BCUT2D eigenvalue weighted by Crippen LogP contribution is 2.20. The minimum absolute atomic E-state index is 0.00333. The van der Waals surface area contributed by atoms with E-state index in [9.17, 15) is 4.79 Å². The zero-order chi connectivity index (χ0) is 11.4. The van der Waals surface area contributed by atoms with Crippen LogP contribution in [0.15, 0.2) is 22.8 Å². The van der Waals surface area contributed by atoms with Crippen molar-refractivity contribution in [1.29, 1.82) is 0 Å². The molecule has 15 heavy (non-hydrogen) atoms. The topological polar surface area (TPSA) is 62.2 Å². The smallest absolute Gasteiger partial charge is 0.326 e. The molecule has 0 saturated carbocycles. The quantitative estimate of drug-likeness (QED) is 0.884. The number of carboxylic acids is 1. The number of anilines is 1. The summed E-state index contributed by atoms with van der Waals surface area (Å²) in [6.07, 6.45) is 1.62. The lowest BCUT2D eigenvalue weighted by Crippen LogP contribution is -2.34. The van der Waals surface area contributed by atoms with E-state index in [4.69, 9.17) is 5.11 Å². The summed E-state index contributed by atoms with van der Waals surface area (Å²) in [6, 6.07) is 2.96. The number of hydrogen-bond acceptors (Lipinski definition) is 3. The molecule has 0 aromatic carbocycles. The van der Waals surface area contributed by atoms with Gasteiger partial charge in [0, 0.05) is 6.20 Å². The zero-order valence-corrected chi connectivity index (χ0v) is 10.2. The van der Waals surface area contributed by atoms with Gasteiger partial charge in [0.25, 0.3) is 0 Å². The van der Waals surface area contributed by atoms with E-state index in [-0.39, 0.29) is 5.92 Å². The van der Waals surface area contributed by atoms with Gasteiger partial charge in [-0.05, 0) is 34.0 Å². The van der Waals surface area contributed by atoms with E-state index in [2.05, 4.69) is 26.2 Å². The monoisotopic (exact) mass is 272 g/mol. The van der Waals surface area contributed by atoms with Gasteiger partial charge in [-0.1, -0.05) is 13.8 Å². The van der Waals surface area contributed by atoms with Gasteiger partial charge >= 0.3 is 5.97 Å². The van der Waals surface area contributed by atoms with Crippen LogP contribution in [0.1, 0.15) is 13.8 Å². The van der Waals surface area contributed by atoms with Gasteiger partial charge in [0.15, 0.2) is 0 Å². The number of nitrogens with zero attached hydrogens (tertiary/aromatic N) is 1. The van der Waals surface area contributed by atoms with Crippen molar-refractivity contribution in [2.45, 2.75) is 19.9 Å². The molecule has 0 aliphatic carbocycles. The Balaban J connectivity index is 2.84. The third kappa shape index (κ3) is 3.20. The summed E-state index contributed by atoms with van der Waals surface area (Å²) in [5.41, 5.74) is 0. The molecular weight excluding hydrogens is 260 g/mol. The summed E-state index contributed by atoms with van der Waals surface area (Å²) in [5, 5.41) is 11.9. The number of aromatic nitrogens is 1. The van der Waals surface area contributed by atoms with Crippen molar-refractivity contribution in [2.24, 2.45) is 5.92 Å². The SMILES string of the molecule is CC(C)[C@H](Nc1ncccc1Br)C(=O)O. The fraction of sp³-hybridized carbons (Fsp3) is 0.400. The number of carbonyl (C=O) groups is 1. The number of rotatable bonds is 4. The van der Waals surface area contributed by atoms with E-state index in [1.54, 1.807) is 12.3 Å². The Kier molecular flexibility index (Phi) is 4.08. The molecule has 0 radical (unpaired) electrons. The number of nitrogens with one attached hydrogen (secondary N) is 1. The van der Waals surface area contributed by atoms with Crippen LogP contribution >= 0.6 is 15.9 Å². The highest BCUT2D eigenvalue weighted by molar-refractivity contribution is 9.10. The first-order valence-corrected chi connectivity index (χ1v) is 5.41. The standard InChI is InChI=1S/C10H13BrN2O2/c1-6(2)8(10(14)15)13-9-7(11)4-3-5-12-9/h3-6,8H,1-2H3,(H,12,13)(H,14,15)/t8-/m0/s1. The summed E-state index contributed by atoms with van der Waals surface area (Å²) in [6.45, 7) is 3.70. The maximum absolute atomic E-state index is 11.0. The lowest BCUT2D eigenvalue weighted by atomic mass is 10.1. The fourth-order valence-corrected chi connectivity index (χ4v) is 1.52. The molecule has 5 heteroatoms. The maximum atomic E-state index is 11.0. The number of hydrogen-bond donors (Lipinski definition) is 2. The summed E-state index contributed by atoms with van der Waals surface area (Å²) in [4.78, 5) is 15.0. The second kappa shape index (κ2) is 5.11.